The van der Waals surface area contributed by atoms with Crippen molar-refractivity contribution in [1.82, 2.24) is 0 Å². The number of benzene rings is 4. The molecular weight excluding hydrogens is 338 g/mol. The van der Waals surface area contributed by atoms with Gasteiger partial charge in [0.15, 0.2) is 0 Å². The van der Waals surface area contributed by atoms with E-state index in [2.05, 4.69) is 66.7 Å². The molecule has 0 aliphatic rings. The van der Waals surface area contributed by atoms with Crippen molar-refractivity contribution in [1.29, 1.82) is 0 Å². The summed E-state index contributed by atoms with van der Waals surface area (Å²) in [6, 6.07) is 24.1. The molecule has 0 unspecified atom stereocenters. The topological polar surface area (TPSA) is 0 Å². The average Bonchev–Trinajstić information content (AvgIpc) is 2.47. The van der Waals surface area contributed by atoms with Gasteiger partial charge in [0.1, 0.15) is 0 Å². The van der Waals surface area contributed by atoms with Gasteiger partial charge >= 0.3 is 126 Å². The van der Waals surface area contributed by atoms with E-state index in [0.717, 1.165) is 0 Å². The first-order valence-corrected chi connectivity index (χ1v) is 7.65. The molecule has 2 radical (unpaired) electrons. The second kappa shape index (κ2) is 4.25. The first kappa shape index (κ1) is 11.3. The summed E-state index contributed by atoms with van der Waals surface area (Å²) < 4.78 is 1.40. The van der Waals surface area contributed by atoms with Crippen LogP contribution in [0, 0.1) is 0 Å². The second-order valence-electron chi connectivity index (χ2n) is 4.79. The van der Waals surface area contributed by atoms with Crippen LogP contribution in [0.25, 0.3) is 32.3 Å². The van der Waals surface area contributed by atoms with Crippen LogP contribution in [0.1, 0.15) is 0 Å². The predicted octanol–water partition coefficient (Wildman–Crippen LogP) is 3.94. The molecule has 0 saturated heterocycles. The van der Waals surface area contributed by atoms with Crippen LogP contribution in [0.4, 0.5) is 0 Å². The summed E-state index contributed by atoms with van der Waals surface area (Å²) in [4.78, 5) is 0. The van der Waals surface area contributed by atoms with Crippen molar-refractivity contribution >= 4 is 58.8 Å². The molecule has 0 amide bonds. The SMILES string of the molecule is [Sb][c]1cccc2c3ccccc3c3ccccc3c12. The first-order valence-electron chi connectivity index (χ1n) is 6.37. The molecule has 0 fully saturated rings. The molecule has 4 aromatic carbocycles. The molecule has 88 valence electrons. The van der Waals surface area contributed by atoms with Crippen molar-refractivity contribution in [3.05, 3.63) is 66.7 Å². The van der Waals surface area contributed by atoms with E-state index < -0.39 is 0 Å². The van der Waals surface area contributed by atoms with Gasteiger partial charge < -0.3 is 0 Å². The molecule has 0 spiro atoms. The Kier molecular flexibility index (Phi) is 2.53. The van der Waals surface area contributed by atoms with Crippen molar-refractivity contribution in [3.8, 4) is 0 Å². The zero-order valence-corrected chi connectivity index (χ0v) is 12.9. The third-order valence-corrected chi connectivity index (χ3v) is 4.81. The molecule has 0 aliphatic heterocycles. The first-order chi connectivity index (χ1) is 9.36. The van der Waals surface area contributed by atoms with Crippen molar-refractivity contribution < 1.29 is 0 Å². The Morgan fingerprint density at radius 1 is 0.474 bits per heavy atom. The monoisotopic (exact) mass is 348 g/mol. The van der Waals surface area contributed by atoms with Gasteiger partial charge in [-0.1, -0.05) is 0 Å². The molecule has 0 atom stereocenters. The summed E-state index contributed by atoms with van der Waals surface area (Å²) in [5, 5.41) is 8.20. The Hall–Kier alpha value is -1.52. The molecule has 0 nitrogen and oxygen atoms in total. The number of rotatable bonds is 0. The van der Waals surface area contributed by atoms with Crippen LogP contribution in [0.2, 0.25) is 0 Å². The van der Waals surface area contributed by atoms with E-state index in [1.165, 1.54) is 35.8 Å². The van der Waals surface area contributed by atoms with E-state index >= 15 is 0 Å². The standard InChI is InChI=1S/C18H11.Sb/c1-2-8-14-13(7-1)15-9-3-4-11-17(15)18-12-6-5-10-16(14)18;/h1-11H;. The molecule has 0 aromatic heterocycles. The third kappa shape index (κ3) is 1.60. The van der Waals surface area contributed by atoms with Gasteiger partial charge in [-0.2, -0.15) is 0 Å². The summed E-state index contributed by atoms with van der Waals surface area (Å²) in [6.45, 7) is 0. The van der Waals surface area contributed by atoms with Gasteiger partial charge in [0, 0.05) is 0 Å². The Morgan fingerprint density at radius 3 is 1.47 bits per heavy atom. The maximum absolute atomic E-state index is 2.24. The van der Waals surface area contributed by atoms with E-state index in [1.807, 2.05) is 0 Å². The molecule has 0 aliphatic carbocycles. The van der Waals surface area contributed by atoms with Gasteiger partial charge in [-0.3, -0.25) is 0 Å². The molecule has 19 heavy (non-hydrogen) atoms. The van der Waals surface area contributed by atoms with E-state index in [0.29, 0.717) is 0 Å². The van der Waals surface area contributed by atoms with E-state index in [9.17, 15) is 0 Å². The van der Waals surface area contributed by atoms with Gasteiger partial charge in [0.25, 0.3) is 0 Å². The minimum absolute atomic E-state index is 1.35. The normalized spacial score (nSPS) is 11.4. The predicted molar refractivity (Wildman–Crippen MR) is 84.3 cm³/mol. The quantitative estimate of drug-likeness (QED) is 0.333. The summed E-state index contributed by atoms with van der Waals surface area (Å²) in [5.74, 6) is 0. The Balaban J connectivity index is 2.48. The molecular formula is C18H11Sb. The molecule has 4 rings (SSSR count). The van der Waals surface area contributed by atoms with Crippen LogP contribution in [0.15, 0.2) is 66.7 Å². The van der Waals surface area contributed by atoms with Crippen LogP contribution in [0.3, 0.4) is 0 Å². The van der Waals surface area contributed by atoms with Gasteiger partial charge in [-0.05, 0) is 0 Å². The van der Waals surface area contributed by atoms with Crippen molar-refractivity contribution in [2.24, 2.45) is 0 Å². The van der Waals surface area contributed by atoms with Gasteiger partial charge in [-0.25, -0.2) is 0 Å². The molecule has 0 N–H and O–H groups in total. The summed E-state index contributed by atoms with van der Waals surface area (Å²) in [6.07, 6.45) is 0. The van der Waals surface area contributed by atoms with Crippen molar-refractivity contribution in [2.75, 3.05) is 0 Å². The molecule has 0 saturated carbocycles. The zero-order chi connectivity index (χ0) is 12.8. The maximum atomic E-state index is 2.24. The van der Waals surface area contributed by atoms with Crippen molar-refractivity contribution in [2.45, 2.75) is 0 Å². The molecule has 0 bridgehead atoms. The van der Waals surface area contributed by atoms with E-state index in [4.69, 9.17) is 0 Å². The number of hydrogen-bond acceptors (Lipinski definition) is 0. The van der Waals surface area contributed by atoms with Crippen LogP contribution >= 0.6 is 0 Å². The molecule has 0 heterocycles. The second-order valence-corrected chi connectivity index (χ2v) is 6.17. The zero-order valence-electron chi connectivity index (χ0n) is 10.3. The number of hydrogen-bond donors (Lipinski definition) is 0. The average molecular weight is 349 g/mol. The Morgan fingerprint density at radius 2 is 0.895 bits per heavy atom. The molecule has 4 aromatic rings. The van der Waals surface area contributed by atoms with Crippen LogP contribution in [-0.4, -0.2) is 23.0 Å². The minimum atomic E-state index is 1.35. The van der Waals surface area contributed by atoms with E-state index in [1.54, 1.807) is 23.0 Å². The Labute approximate surface area is 125 Å². The third-order valence-electron chi connectivity index (χ3n) is 3.75. The van der Waals surface area contributed by atoms with Crippen molar-refractivity contribution in [3.63, 3.8) is 0 Å². The fraction of sp³-hybridized carbons (Fsp3) is 0. The summed E-state index contributed by atoms with van der Waals surface area (Å²) >= 11 is 1.80. The number of fused-ring (bicyclic) bond motifs is 6. The van der Waals surface area contributed by atoms with Gasteiger partial charge in [0.2, 0.25) is 0 Å². The van der Waals surface area contributed by atoms with E-state index in [-0.39, 0.29) is 0 Å². The van der Waals surface area contributed by atoms with Crippen LogP contribution in [-0.2, 0) is 0 Å². The fourth-order valence-electron chi connectivity index (χ4n) is 2.94. The van der Waals surface area contributed by atoms with Gasteiger partial charge in [0.05, 0.1) is 0 Å². The summed E-state index contributed by atoms with van der Waals surface area (Å²) in [7, 11) is 0. The fourth-order valence-corrected chi connectivity index (χ4v) is 3.87. The summed E-state index contributed by atoms with van der Waals surface area (Å²) in [5.41, 5.74) is 0. The Bertz CT molecular complexity index is 877. The van der Waals surface area contributed by atoms with Gasteiger partial charge in [-0.15, -0.1) is 0 Å². The van der Waals surface area contributed by atoms with Crippen LogP contribution in [0.5, 0.6) is 0 Å². The molecule has 1 heteroatoms. The van der Waals surface area contributed by atoms with Crippen LogP contribution < -0.4 is 3.51 Å².